The van der Waals surface area contributed by atoms with Crippen molar-refractivity contribution in [2.24, 2.45) is 0 Å². The zero-order chi connectivity index (χ0) is 17.0. The molecule has 0 atom stereocenters. The molecule has 4 nitrogen and oxygen atoms in total. The summed E-state index contributed by atoms with van der Waals surface area (Å²) < 4.78 is 0. The molecule has 2 N–H and O–H groups in total. The second kappa shape index (κ2) is 6.84. The minimum Gasteiger partial charge on any atom is -0.343 e. The van der Waals surface area contributed by atoms with Crippen LogP contribution in [0.1, 0.15) is 36.7 Å². The zero-order valence-corrected chi connectivity index (χ0v) is 14.1. The molecule has 0 fully saturated rings. The van der Waals surface area contributed by atoms with Crippen LogP contribution in [0, 0.1) is 0 Å². The number of hydrogen-bond acceptors (Lipinski definition) is 2. The summed E-state index contributed by atoms with van der Waals surface area (Å²) >= 11 is 5.90. The average molecular weight is 331 g/mol. The van der Waals surface area contributed by atoms with E-state index in [2.05, 4.69) is 10.6 Å². The van der Waals surface area contributed by atoms with Crippen molar-refractivity contribution in [3.05, 3.63) is 64.7 Å². The summed E-state index contributed by atoms with van der Waals surface area (Å²) in [6, 6.07) is 14.1. The van der Waals surface area contributed by atoms with E-state index in [1.807, 2.05) is 26.0 Å². The van der Waals surface area contributed by atoms with E-state index in [4.69, 9.17) is 11.6 Å². The van der Waals surface area contributed by atoms with Gasteiger partial charge in [-0.2, -0.15) is 0 Å². The van der Waals surface area contributed by atoms with Gasteiger partial charge >= 0.3 is 0 Å². The molecule has 0 radical (unpaired) electrons. The Bertz CT molecular complexity index is 707. The van der Waals surface area contributed by atoms with Gasteiger partial charge in [0.2, 0.25) is 5.91 Å². The van der Waals surface area contributed by atoms with Gasteiger partial charge in [-0.3, -0.25) is 9.59 Å². The molecular formula is C18H19ClN2O2. The van der Waals surface area contributed by atoms with E-state index in [-0.39, 0.29) is 11.8 Å². The molecule has 0 saturated carbocycles. The number of anilines is 1. The van der Waals surface area contributed by atoms with Crippen molar-refractivity contribution < 1.29 is 9.59 Å². The fraction of sp³-hybridized carbons (Fsp3) is 0.222. The Hall–Kier alpha value is -2.33. The molecule has 0 aliphatic heterocycles. The van der Waals surface area contributed by atoms with Crippen LogP contribution in [-0.4, -0.2) is 11.8 Å². The molecule has 0 unspecified atom stereocenters. The molecular weight excluding hydrogens is 312 g/mol. The number of rotatable bonds is 4. The summed E-state index contributed by atoms with van der Waals surface area (Å²) in [5.41, 5.74) is 1.62. The minimum atomic E-state index is -0.530. The van der Waals surface area contributed by atoms with E-state index in [1.165, 1.54) is 6.92 Å². The van der Waals surface area contributed by atoms with Gasteiger partial charge in [0.1, 0.15) is 0 Å². The van der Waals surface area contributed by atoms with E-state index in [0.29, 0.717) is 16.3 Å². The Morgan fingerprint density at radius 2 is 1.52 bits per heavy atom. The number of halogens is 1. The van der Waals surface area contributed by atoms with Gasteiger partial charge in [-0.1, -0.05) is 23.7 Å². The topological polar surface area (TPSA) is 58.2 Å². The van der Waals surface area contributed by atoms with Gasteiger partial charge in [0.25, 0.3) is 5.91 Å². The van der Waals surface area contributed by atoms with Crippen LogP contribution in [0.2, 0.25) is 5.02 Å². The third-order valence-electron chi connectivity index (χ3n) is 3.46. The summed E-state index contributed by atoms with van der Waals surface area (Å²) in [6.07, 6.45) is 0. The van der Waals surface area contributed by atoms with Crippen molar-refractivity contribution in [3.63, 3.8) is 0 Å². The van der Waals surface area contributed by atoms with Gasteiger partial charge in [-0.15, -0.1) is 0 Å². The summed E-state index contributed by atoms with van der Waals surface area (Å²) in [7, 11) is 0. The molecule has 120 valence electrons. The molecule has 23 heavy (non-hydrogen) atoms. The quantitative estimate of drug-likeness (QED) is 0.891. The van der Waals surface area contributed by atoms with Crippen LogP contribution in [0.15, 0.2) is 48.5 Å². The van der Waals surface area contributed by atoms with Crippen LogP contribution in [0.5, 0.6) is 0 Å². The molecule has 0 spiro atoms. The van der Waals surface area contributed by atoms with E-state index in [0.717, 1.165) is 5.56 Å². The second-order valence-corrected chi connectivity index (χ2v) is 6.28. The maximum Gasteiger partial charge on any atom is 0.251 e. The monoisotopic (exact) mass is 330 g/mol. The first kappa shape index (κ1) is 17.0. The highest BCUT2D eigenvalue weighted by Gasteiger charge is 2.23. The first-order chi connectivity index (χ1) is 10.8. The van der Waals surface area contributed by atoms with Crippen molar-refractivity contribution in [2.75, 3.05) is 5.32 Å². The standard InChI is InChI=1S/C18H19ClN2O2/c1-12(22)20-16-10-4-13(5-11-16)17(23)21-18(2,3)14-6-8-15(19)9-7-14/h4-11H,1-3H3,(H,20,22)(H,21,23). The maximum atomic E-state index is 12.4. The predicted octanol–water partition coefficient (Wildman–Crippen LogP) is 3.96. The van der Waals surface area contributed by atoms with Gasteiger partial charge in [-0.25, -0.2) is 0 Å². The van der Waals surface area contributed by atoms with E-state index < -0.39 is 5.54 Å². The van der Waals surface area contributed by atoms with Gasteiger partial charge in [-0.05, 0) is 55.8 Å². The molecule has 0 aliphatic rings. The first-order valence-electron chi connectivity index (χ1n) is 7.24. The zero-order valence-electron chi connectivity index (χ0n) is 13.3. The molecule has 0 heterocycles. The van der Waals surface area contributed by atoms with Gasteiger partial charge in [0, 0.05) is 23.2 Å². The van der Waals surface area contributed by atoms with E-state index >= 15 is 0 Å². The van der Waals surface area contributed by atoms with Crippen LogP contribution < -0.4 is 10.6 Å². The average Bonchev–Trinajstić information content (AvgIpc) is 2.47. The number of nitrogens with one attached hydrogen (secondary N) is 2. The van der Waals surface area contributed by atoms with Crippen molar-refractivity contribution in [3.8, 4) is 0 Å². The minimum absolute atomic E-state index is 0.147. The number of carbonyl (C=O) groups is 2. The number of carbonyl (C=O) groups excluding carboxylic acids is 2. The van der Waals surface area contributed by atoms with Crippen LogP contribution >= 0.6 is 11.6 Å². The van der Waals surface area contributed by atoms with Crippen LogP contribution in [0.3, 0.4) is 0 Å². The van der Waals surface area contributed by atoms with Gasteiger partial charge in [0.15, 0.2) is 0 Å². The van der Waals surface area contributed by atoms with Crippen molar-refractivity contribution >= 4 is 29.1 Å². The fourth-order valence-corrected chi connectivity index (χ4v) is 2.33. The summed E-state index contributed by atoms with van der Waals surface area (Å²) in [5.74, 6) is -0.328. The first-order valence-corrected chi connectivity index (χ1v) is 7.62. The lowest BCUT2D eigenvalue weighted by Crippen LogP contribution is -2.40. The van der Waals surface area contributed by atoms with Gasteiger partial charge < -0.3 is 10.6 Å². The number of hydrogen-bond donors (Lipinski definition) is 2. The largest absolute Gasteiger partial charge is 0.343 e. The predicted molar refractivity (Wildman–Crippen MR) is 92.7 cm³/mol. The molecule has 0 aromatic heterocycles. The smallest absolute Gasteiger partial charge is 0.251 e. The van der Waals surface area contributed by atoms with Crippen LogP contribution in [0.25, 0.3) is 0 Å². The molecule has 2 aromatic carbocycles. The molecule has 0 bridgehead atoms. The lowest BCUT2D eigenvalue weighted by molar-refractivity contribution is -0.114. The van der Waals surface area contributed by atoms with Gasteiger partial charge in [0.05, 0.1) is 5.54 Å². The normalized spacial score (nSPS) is 11.0. The van der Waals surface area contributed by atoms with E-state index in [1.54, 1.807) is 36.4 Å². The fourth-order valence-electron chi connectivity index (χ4n) is 2.20. The SMILES string of the molecule is CC(=O)Nc1ccc(C(=O)NC(C)(C)c2ccc(Cl)cc2)cc1. The molecule has 2 aromatic rings. The lowest BCUT2D eigenvalue weighted by Gasteiger charge is -2.27. The Labute approximate surface area is 140 Å². The Morgan fingerprint density at radius 3 is 2.04 bits per heavy atom. The Balaban J connectivity index is 2.11. The van der Waals surface area contributed by atoms with Crippen molar-refractivity contribution in [2.45, 2.75) is 26.3 Å². The molecule has 0 saturated heterocycles. The Kier molecular flexibility index (Phi) is 5.06. The van der Waals surface area contributed by atoms with E-state index in [9.17, 15) is 9.59 Å². The van der Waals surface area contributed by atoms with Crippen molar-refractivity contribution in [1.29, 1.82) is 0 Å². The molecule has 2 rings (SSSR count). The maximum absolute atomic E-state index is 12.4. The van der Waals surface area contributed by atoms with Crippen LogP contribution in [0.4, 0.5) is 5.69 Å². The number of benzene rings is 2. The van der Waals surface area contributed by atoms with Crippen LogP contribution in [-0.2, 0) is 10.3 Å². The lowest BCUT2D eigenvalue weighted by atomic mass is 9.94. The molecule has 2 amide bonds. The summed E-state index contributed by atoms with van der Waals surface area (Å²) in [5, 5.41) is 6.32. The molecule has 0 aliphatic carbocycles. The summed E-state index contributed by atoms with van der Waals surface area (Å²) in [4.78, 5) is 23.4. The number of amides is 2. The Morgan fingerprint density at radius 1 is 0.957 bits per heavy atom. The third kappa shape index (κ3) is 4.57. The highest BCUT2D eigenvalue weighted by molar-refractivity contribution is 6.30. The second-order valence-electron chi connectivity index (χ2n) is 5.84. The van der Waals surface area contributed by atoms with Crippen molar-refractivity contribution in [1.82, 2.24) is 5.32 Å². The highest BCUT2D eigenvalue weighted by atomic mass is 35.5. The third-order valence-corrected chi connectivity index (χ3v) is 3.71. The molecule has 5 heteroatoms. The highest BCUT2D eigenvalue weighted by Crippen LogP contribution is 2.22. The summed E-state index contributed by atoms with van der Waals surface area (Å²) in [6.45, 7) is 5.30.